The van der Waals surface area contributed by atoms with Gasteiger partial charge in [0.2, 0.25) is 0 Å². The summed E-state index contributed by atoms with van der Waals surface area (Å²) in [5, 5.41) is 0. The molecule has 0 radical (unpaired) electrons. The van der Waals surface area contributed by atoms with E-state index < -0.39 is 7.49 Å². The van der Waals surface area contributed by atoms with E-state index in [9.17, 15) is 4.79 Å². The number of carbonyl (C=O) groups is 1. The van der Waals surface area contributed by atoms with Gasteiger partial charge in [-0.05, 0) is 51.4 Å². The standard InChI is InChI=1S/C27H56O2P/c1-6-11-15-19-23-30(24-20-16-12-7-2,25-21-17-13-8-3)29-27(28)26(10-5)22-18-14-9-4/h26H,6-25H2,1-5H3/q+1. The molecule has 0 bridgehead atoms. The van der Waals surface area contributed by atoms with Crippen molar-refractivity contribution in [1.82, 2.24) is 0 Å². The van der Waals surface area contributed by atoms with Crippen molar-refractivity contribution in [3.8, 4) is 0 Å². The first-order chi connectivity index (χ1) is 14.6. The molecule has 3 heteroatoms. The molecule has 0 rings (SSSR count). The summed E-state index contributed by atoms with van der Waals surface area (Å²) in [6, 6.07) is 0. The molecule has 0 aromatic carbocycles. The molecule has 0 fully saturated rings. The van der Waals surface area contributed by atoms with E-state index in [1.54, 1.807) is 0 Å². The molecule has 1 unspecified atom stereocenters. The highest BCUT2D eigenvalue weighted by Crippen LogP contribution is 2.62. The Morgan fingerprint density at radius 3 is 1.37 bits per heavy atom. The van der Waals surface area contributed by atoms with Crippen LogP contribution in [0.1, 0.15) is 144 Å². The summed E-state index contributed by atoms with van der Waals surface area (Å²) in [4.78, 5) is 13.3. The van der Waals surface area contributed by atoms with Crippen molar-refractivity contribution in [3.05, 3.63) is 0 Å². The first-order valence-corrected chi connectivity index (χ1v) is 15.9. The van der Waals surface area contributed by atoms with Crippen LogP contribution in [0.5, 0.6) is 0 Å². The van der Waals surface area contributed by atoms with Crippen molar-refractivity contribution < 1.29 is 9.32 Å². The van der Waals surface area contributed by atoms with Crippen LogP contribution in [0, 0.1) is 5.92 Å². The van der Waals surface area contributed by atoms with Crippen molar-refractivity contribution in [1.29, 1.82) is 0 Å². The summed E-state index contributed by atoms with van der Waals surface area (Å²) in [5.74, 6) is 0.279. The second kappa shape index (κ2) is 20.8. The lowest BCUT2D eigenvalue weighted by Crippen LogP contribution is -2.22. The topological polar surface area (TPSA) is 26.3 Å². The summed E-state index contributed by atoms with van der Waals surface area (Å²) in [6.45, 7) is 11.2. The lowest BCUT2D eigenvalue weighted by atomic mass is 9.99. The van der Waals surface area contributed by atoms with Crippen LogP contribution in [0.4, 0.5) is 0 Å². The largest absolute Gasteiger partial charge is 0.352 e. The minimum atomic E-state index is -1.63. The molecule has 0 aliphatic carbocycles. The summed E-state index contributed by atoms with van der Waals surface area (Å²) in [6.07, 6.45) is 24.5. The number of carbonyl (C=O) groups excluding carboxylic acids is 1. The number of rotatable bonds is 22. The van der Waals surface area contributed by atoms with Gasteiger partial charge in [-0.2, -0.15) is 0 Å². The van der Waals surface area contributed by atoms with E-state index in [-0.39, 0.29) is 11.9 Å². The number of hydrogen-bond acceptors (Lipinski definition) is 2. The highest BCUT2D eigenvalue weighted by Gasteiger charge is 2.42. The van der Waals surface area contributed by atoms with Crippen LogP contribution in [-0.4, -0.2) is 24.5 Å². The Bertz CT molecular complexity index is 352. The van der Waals surface area contributed by atoms with Crippen LogP contribution in [0.3, 0.4) is 0 Å². The van der Waals surface area contributed by atoms with Gasteiger partial charge in [0.1, 0.15) is 0 Å². The smallest absolute Gasteiger partial charge is 0.313 e. The van der Waals surface area contributed by atoms with Crippen LogP contribution < -0.4 is 0 Å². The van der Waals surface area contributed by atoms with E-state index in [1.807, 2.05) is 0 Å². The Morgan fingerprint density at radius 1 is 0.600 bits per heavy atom. The zero-order valence-electron chi connectivity index (χ0n) is 21.5. The normalized spacial score (nSPS) is 12.8. The van der Waals surface area contributed by atoms with Gasteiger partial charge in [-0.3, -0.25) is 0 Å². The Labute approximate surface area is 191 Å². The summed E-state index contributed by atoms with van der Waals surface area (Å²) in [5.41, 5.74) is 0. The van der Waals surface area contributed by atoms with Crippen molar-refractivity contribution in [2.24, 2.45) is 5.92 Å². The highest BCUT2D eigenvalue weighted by atomic mass is 31.2. The second-order valence-corrected chi connectivity index (χ2v) is 13.1. The van der Waals surface area contributed by atoms with Gasteiger partial charge in [0.05, 0.1) is 24.4 Å². The molecule has 30 heavy (non-hydrogen) atoms. The van der Waals surface area contributed by atoms with Crippen LogP contribution in [-0.2, 0) is 9.32 Å². The number of hydrogen-bond donors (Lipinski definition) is 0. The van der Waals surface area contributed by atoms with Gasteiger partial charge >= 0.3 is 5.97 Å². The fourth-order valence-electron chi connectivity index (χ4n) is 4.35. The molecule has 0 spiro atoms. The summed E-state index contributed by atoms with van der Waals surface area (Å²) < 4.78 is 6.63. The van der Waals surface area contributed by atoms with E-state index in [0.29, 0.717) is 0 Å². The van der Waals surface area contributed by atoms with Crippen LogP contribution in [0.2, 0.25) is 0 Å². The quantitative estimate of drug-likeness (QED) is 0.123. The van der Waals surface area contributed by atoms with E-state index in [2.05, 4.69) is 34.6 Å². The zero-order valence-corrected chi connectivity index (χ0v) is 22.4. The van der Waals surface area contributed by atoms with Crippen molar-refractivity contribution in [2.45, 2.75) is 144 Å². The third-order valence-electron chi connectivity index (χ3n) is 6.52. The minimum absolute atomic E-state index is 0.123. The van der Waals surface area contributed by atoms with Crippen LogP contribution >= 0.6 is 7.49 Å². The van der Waals surface area contributed by atoms with Gasteiger partial charge in [0, 0.05) is 0 Å². The predicted octanol–water partition coefficient (Wildman–Crippen LogP) is 9.81. The highest BCUT2D eigenvalue weighted by molar-refractivity contribution is 7.71. The molecule has 0 saturated carbocycles. The Hall–Kier alpha value is -0.100. The molecule has 0 saturated heterocycles. The molecule has 0 aliphatic rings. The van der Waals surface area contributed by atoms with Crippen molar-refractivity contribution >= 4 is 13.5 Å². The molecule has 2 nitrogen and oxygen atoms in total. The van der Waals surface area contributed by atoms with E-state index in [1.165, 1.54) is 115 Å². The average molecular weight is 444 g/mol. The Kier molecular flexibility index (Phi) is 20.7. The van der Waals surface area contributed by atoms with Crippen LogP contribution in [0.25, 0.3) is 0 Å². The average Bonchev–Trinajstić information content (AvgIpc) is 2.75. The molecule has 1 atom stereocenters. The van der Waals surface area contributed by atoms with Gasteiger partial charge in [-0.1, -0.05) is 92.4 Å². The Morgan fingerprint density at radius 2 is 1.00 bits per heavy atom. The maximum atomic E-state index is 13.3. The predicted molar refractivity (Wildman–Crippen MR) is 138 cm³/mol. The third-order valence-corrected chi connectivity index (χ3v) is 10.5. The molecular formula is C27H56O2P+. The van der Waals surface area contributed by atoms with Gasteiger partial charge < -0.3 is 4.52 Å². The molecule has 180 valence electrons. The van der Waals surface area contributed by atoms with Crippen molar-refractivity contribution in [3.63, 3.8) is 0 Å². The maximum absolute atomic E-state index is 13.3. The fourth-order valence-corrected chi connectivity index (χ4v) is 8.22. The lowest BCUT2D eigenvalue weighted by molar-refractivity contribution is -0.138. The molecule has 0 N–H and O–H groups in total. The summed E-state index contributed by atoms with van der Waals surface area (Å²) in [7, 11) is -1.63. The molecule has 0 aromatic heterocycles. The fraction of sp³-hybridized carbons (Fsp3) is 0.963. The summed E-state index contributed by atoms with van der Waals surface area (Å²) >= 11 is 0. The monoisotopic (exact) mass is 443 g/mol. The van der Waals surface area contributed by atoms with Gasteiger partial charge in [-0.25, -0.2) is 4.79 Å². The van der Waals surface area contributed by atoms with E-state index >= 15 is 0 Å². The molecule has 0 heterocycles. The zero-order chi connectivity index (χ0) is 22.5. The molecular weight excluding hydrogens is 387 g/mol. The molecule has 0 aliphatic heterocycles. The molecule has 0 amide bonds. The molecule has 0 aromatic rings. The van der Waals surface area contributed by atoms with E-state index in [0.717, 1.165) is 12.8 Å². The van der Waals surface area contributed by atoms with Crippen LogP contribution in [0.15, 0.2) is 0 Å². The van der Waals surface area contributed by atoms with Crippen molar-refractivity contribution in [2.75, 3.05) is 18.5 Å². The third kappa shape index (κ3) is 14.8. The van der Waals surface area contributed by atoms with E-state index in [4.69, 9.17) is 4.52 Å². The maximum Gasteiger partial charge on any atom is 0.352 e. The lowest BCUT2D eigenvalue weighted by Gasteiger charge is -2.27. The first-order valence-electron chi connectivity index (χ1n) is 13.7. The second-order valence-electron chi connectivity index (χ2n) is 9.42. The SMILES string of the molecule is CCCCCC[P+](CCCCCC)(CCCCCC)OC(=O)C(CC)CCCCC. The number of unbranched alkanes of at least 4 members (excludes halogenated alkanes) is 11. The van der Waals surface area contributed by atoms with Gasteiger partial charge in [0.15, 0.2) is 7.49 Å². The Balaban J connectivity index is 5.19. The minimum Gasteiger partial charge on any atom is -0.313 e. The first kappa shape index (κ1) is 29.9. The van der Waals surface area contributed by atoms with Gasteiger partial charge in [0.25, 0.3) is 0 Å². The van der Waals surface area contributed by atoms with Gasteiger partial charge in [-0.15, -0.1) is 0 Å².